The predicted molar refractivity (Wildman–Crippen MR) is 102 cm³/mol. The van der Waals surface area contributed by atoms with Crippen LogP contribution in [0.3, 0.4) is 0 Å². The Hall–Kier alpha value is -3.20. The van der Waals surface area contributed by atoms with Gasteiger partial charge < -0.3 is 19.7 Å². The molecule has 1 heterocycles. The van der Waals surface area contributed by atoms with Gasteiger partial charge in [0.05, 0.1) is 25.5 Å². The Bertz CT molecular complexity index is 846. The van der Waals surface area contributed by atoms with Crippen LogP contribution in [0, 0.1) is 0 Å². The molecule has 142 valence electrons. The first-order chi connectivity index (χ1) is 12.8. The highest BCUT2D eigenvalue weighted by atomic mass is 32.1. The van der Waals surface area contributed by atoms with E-state index in [-0.39, 0.29) is 22.0 Å². The van der Waals surface area contributed by atoms with Crippen LogP contribution in [0.15, 0.2) is 53.4 Å². The van der Waals surface area contributed by atoms with Crippen molar-refractivity contribution in [1.82, 2.24) is 10.2 Å². The van der Waals surface area contributed by atoms with E-state index in [1.165, 1.54) is 18.2 Å². The van der Waals surface area contributed by atoms with E-state index in [0.29, 0.717) is 5.69 Å². The Balaban J connectivity index is 2.66. The highest BCUT2D eigenvalue weighted by molar-refractivity contribution is 7.80. The van der Waals surface area contributed by atoms with Gasteiger partial charge in [0, 0.05) is 20.3 Å². The number of esters is 2. The normalized spacial score (nSPS) is 16.0. The van der Waals surface area contributed by atoms with Crippen molar-refractivity contribution in [2.24, 2.45) is 0 Å². The van der Waals surface area contributed by atoms with Gasteiger partial charge in [-0.15, -0.1) is 0 Å². The maximum Gasteiger partial charge on any atom is 0.341 e. The van der Waals surface area contributed by atoms with Gasteiger partial charge in [0.2, 0.25) is 0 Å². The molecule has 0 aromatic heterocycles. The van der Waals surface area contributed by atoms with Crippen molar-refractivity contribution >= 4 is 40.9 Å². The van der Waals surface area contributed by atoms with Crippen molar-refractivity contribution in [3.05, 3.63) is 53.4 Å². The number of hydrogen-bond donors (Lipinski definition) is 1. The van der Waals surface area contributed by atoms with Crippen LogP contribution >= 0.6 is 12.2 Å². The molecular weight excluding hydrogens is 370 g/mol. The number of hydrogen-bond acceptors (Lipinski definition) is 7. The van der Waals surface area contributed by atoms with Crippen LogP contribution < -0.4 is 10.2 Å². The molecule has 1 aromatic rings. The van der Waals surface area contributed by atoms with Crippen molar-refractivity contribution in [1.29, 1.82) is 0 Å². The van der Waals surface area contributed by atoms with Gasteiger partial charge in [0.25, 0.3) is 5.91 Å². The van der Waals surface area contributed by atoms with Crippen LogP contribution in [0.5, 0.6) is 0 Å². The first-order valence-electron chi connectivity index (χ1n) is 7.81. The smallest absolute Gasteiger partial charge is 0.341 e. The monoisotopic (exact) mass is 389 g/mol. The molecule has 8 nitrogen and oxygen atoms in total. The summed E-state index contributed by atoms with van der Waals surface area (Å²) in [5, 5.41) is 2.80. The molecule has 0 spiro atoms. The van der Waals surface area contributed by atoms with Crippen molar-refractivity contribution < 1.29 is 23.9 Å². The Morgan fingerprint density at radius 1 is 1.11 bits per heavy atom. The third-order valence-electron chi connectivity index (χ3n) is 3.57. The second kappa shape index (κ2) is 8.45. The summed E-state index contributed by atoms with van der Waals surface area (Å²) in [6.07, 6.45) is 1.37. The molecule has 0 radical (unpaired) electrons. The summed E-state index contributed by atoms with van der Waals surface area (Å²) in [6, 6.07) is 8.69. The molecule has 1 aromatic carbocycles. The molecule has 0 atom stereocenters. The average Bonchev–Trinajstić information content (AvgIpc) is 2.94. The highest BCUT2D eigenvalue weighted by Gasteiger charge is 2.39. The number of methoxy groups -OCH3 is 2. The molecule has 1 fully saturated rings. The van der Waals surface area contributed by atoms with E-state index in [1.54, 1.807) is 49.3 Å². The largest absolute Gasteiger partial charge is 0.465 e. The van der Waals surface area contributed by atoms with E-state index in [4.69, 9.17) is 21.7 Å². The average molecular weight is 389 g/mol. The molecule has 0 saturated carbocycles. The Morgan fingerprint density at radius 2 is 1.70 bits per heavy atom. The molecule has 1 aliphatic heterocycles. The van der Waals surface area contributed by atoms with E-state index in [2.05, 4.69) is 5.32 Å². The lowest BCUT2D eigenvalue weighted by Gasteiger charge is -2.15. The summed E-state index contributed by atoms with van der Waals surface area (Å²) in [6.45, 7) is 0. The second-order valence-electron chi connectivity index (χ2n) is 5.65. The fraction of sp³-hybridized carbons (Fsp3) is 0.222. The first kappa shape index (κ1) is 20.1. The van der Waals surface area contributed by atoms with Crippen LogP contribution in [-0.2, 0) is 23.9 Å². The van der Waals surface area contributed by atoms with Crippen molar-refractivity contribution in [2.75, 3.05) is 33.2 Å². The minimum absolute atomic E-state index is 0.0803. The SMILES string of the molecule is COC(=O)C(=C/N(C)C)/C(C(=O)OC)=C1\NC(=S)N(c2ccccc2)C1=O. The van der Waals surface area contributed by atoms with Crippen LogP contribution in [0.25, 0.3) is 0 Å². The standard InChI is InChI=1S/C18H19N3O5S/c1-20(2)10-12(16(23)25-3)13(17(24)26-4)14-15(22)21(18(27)19-14)11-8-6-5-7-9-11/h5-10H,1-4H3,(H,19,27)/b12-10+,14-13+. The van der Waals surface area contributed by atoms with Crippen LogP contribution in [0.2, 0.25) is 0 Å². The lowest BCUT2D eigenvalue weighted by Crippen LogP contribution is -2.30. The first-order valence-corrected chi connectivity index (χ1v) is 8.22. The van der Waals surface area contributed by atoms with Gasteiger partial charge in [-0.2, -0.15) is 0 Å². The lowest BCUT2D eigenvalue weighted by molar-refractivity contribution is -0.139. The Morgan fingerprint density at radius 3 is 2.22 bits per heavy atom. The predicted octanol–water partition coefficient (Wildman–Crippen LogP) is 0.953. The number of benzene rings is 1. The zero-order valence-electron chi connectivity index (χ0n) is 15.3. The highest BCUT2D eigenvalue weighted by Crippen LogP contribution is 2.26. The third-order valence-corrected chi connectivity index (χ3v) is 3.85. The van der Waals surface area contributed by atoms with Crippen molar-refractivity contribution in [2.45, 2.75) is 0 Å². The molecule has 0 aliphatic carbocycles. The van der Waals surface area contributed by atoms with Crippen LogP contribution in [0.1, 0.15) is 0 Å². The molecule has 0 unspecified atom stereocenters. The summed E-state index contributed by atoms with van der Waals surface area (Å²) in [4.78, 5) is 40.5. The van der Waals surface area contributed by atoms with Crippen LogP contribution in [0.4, 0.5) is 5.69 Å². The molecule has 1 saturated heterocycles. The molecule has 0 bridgehead atoms. The Labute approximate surface area is 162 Å². The minimum atomic E-state index is -0.873. The quantitative estimate of drug-likeness (QED) is 0.453. The van der Waals surface area contributed by atoms with E-state index >= 15 is 0 Å². The molecule has 2 rings (SSSR count). The number of carbonyl (C=O) groups excluding carboxylic acids is 3. The Kier molecular flexibility index (Phi) is 6.30. The number of nitrogens with zero attached hydrogens (tertiary/aromatic N) is 2. The van der Waals surface area contributed by atoms with Gasteiger partial charge in [-0.3, -0.25) is 9.69 Å². The van der Waals surface area contributed by atoms with Gasteiger partial charge in [-0.05, 0) is 24.4 Å². The number of carbonyl (C=O) groups is 3. The topological polar surface area (TPSA) is 88.2 Å². The maximum absolute atomic E-state index is 13.0. The number of rotatable bonds is 5. The van der Waals surface area contributed by atoms with Crippen molar-refractivity contribution in [3.63, 3.8) is 0 Å². The molecular formula is C18H19N3O5S. The zero-order valence-corrected chi connectivity index (χ0v) is 16.1. The number of amides is 1. The fourth-order valence-electron chi connectivity index (χ4n) is 2.44. The minimum Gasteiger partial charge on any atom is -0.465 e. The third kappa shape index (κ3) is 4.14. The maximum atomic E-state index is 13.0. The molecule has 9 heteroatoms. The van der Waals surface area contributed by atoms with Gasteiger partial charge in [-0.1, -0.05) is 18.2 Å². The van der Waals surface area contributed by atoms with Gasteiger partial charge in [-0.25, -0.2) is 9.59 Å². The molecule has 1 aliphatic rings. The van der Waals surface area contributed by atoms with E-state index in [1.807, 2.05) is 0 Å². The summed E-state index contributed by atoms with van der Waals surface area (Å²) in [5.74, 6) is -2.25. The van der Waals surface area contributed by atoms with E-state index < -0.39 is 17.8 Å². The summed E-state index contributed by atoms with van der Waals surface area (Å²) in [5.41, 5.74) is -0.0311. The van der Waals surface area contributed by atoms with Crippen LogP contribution in [-0.4, -0.2) is 56.2 Å². The number of nitrogens with one attached hydrogen (secondary N) is 1. The van der Waals surface area contributed by atoms with Crippen molar-refractivity contribution in [3.8, 4) is 0 Å². The number of para-hydroxylation sites is 1. The summed E-state index contributed by atoms with van der Waals surface area (Å²) in [7, 11) is 5.65. The lowest BCUT2D eigenvalue weighted by atomic mass is 10.0. The summed E-state index contributed by atoms with van der Waals surface area (Å²) >= 11 is 5.25. The van der Waals surface area contributed by atoms with Gasteiger partial charge in [0.1, 0.15) is 11.3 Å². The number of ether oxygens (including phenoxy) is 2. The molecule has 27 heavy (non-hydrogen) atoms. The van der Waals surface area contributed by atoms with Gasteiger partial charge >= 0.3 is 11.9 Å². The van der Waals surface area contributed by atoms with E-state index in [0.717, 1.165) is 7.11 Å². The summed E-state index contributed by atoms with van der Waals surface area (Å²) < 4.78 is 9.55. The van der Waals surface area contributed by atoms with Gasteiger partial charge in [0.15, 0.2) is 5.11 Å². The number of anilines is 1. The zero-order chi connectivity index (χ0) is 20.1. The fourth-order valence-corrected chi connectivity index (χ4v) is 2.73. The molecule has 1 N–H and O–H groups in total. The number of thiocarbonyl (C=S) groups is 1. The second-order valence-corrected chi connectivity index (χ2v) is 6.03. The molecule has 1 amide bonds. The van der Waals surface area contributed by atoms with E-state index in [9.17, 15) is 14.4 Å².